The van der Waals surface area contributed by atoms with E-state index in [1.165, 1.54) is 5.56 Å². The normalized spacial score (nSPS) is 10.2. The summed E-state index contributed by atoms with van der Waals surface area (Å²) >= 11 is 0. The summed E-state index contributed by atoms with van der Waals surface area (Å²) in [5, 5.41) is 5.72. The van der Waals surface area contributed by atoms with Crippen molar-refractivity contribution < 1.29 is 9.53 Å². The Morgan fingerprint density at radius 3 is 2.50 bits per heavy atom. The number of aromatic nitrogens is 1. The first-order valence-electron chi connectivity index (χ1n) is 8.53. The molecule has 0 fully saturated rings. The Bertz CT molecular complexity index is 823. The van der Waals surface area contributed by atoms with E-state index in [9.17, 15) is 4.79 Å². The van der Waals surface area contributed by atoms with Gasteiger partial charge in [0.2, 0.25) is 5.88 Å². The molecule has 0 aliphatic carbocycles. The smallest absolute Gasteiger partial charge is 0.315 e. The zero-order valence-corrected chi connectivity index (χ0v) is 14.4. The average molecular weight is 347 g/mol. The lowest BCUT2D eigenvalue weighted by Gasteiger charge is -2.09. The summed E-state index contributed by atoms with van der Waals surface area (Å²) in [5.74, 6) is 1.23. The van der Waals surface area contributed by atoms with Crippen LogP contribution in [0.3, 0.4) is 0 Å². The minimum absolute atomic E-state index is 0.183. The quantitative estimate of drug-likeness (QED) is 0.681. The molecule has 3 rings (SSSR count). The lowest BCUT2D eigenvalue weighted by Crippen LogP contribution is -2.36. The van der Waals surface area contributed by atoms with Gasteiger partial charge in [0.15, 0.2) is 0 Å². The number of rotatable bonds is 7. The zero-order valence-electron chi connectivity index (χ0n) is 14.4. The maximum absolute atomic E-state index is 11.9. The van der Waals surface area contributed by atoms with Crippen LogP contribution in [-0.4, -0.2) is 17.6 Å². The van der Waals surface area contributed by atoms with Crippen molar-refractivity contribution in [3.63, 3.8) is 0 Å². The molecule has 0 saturated heterocycles. The summed E-state index contributed by atoms with van der Waals surface area (Å²) in [7, 11) is 0. The Labute approximate surface area is 153 Å². The molecule has 5 nitrogen and oxygen atoms in total. The van der Waals surface area contributed by atoms with Crippen LogP contribution in [0.1, 0.15) is 11.1 Å². The van der Waals surface area contributed by atoms with Gasteiger partial charge in [-0.1, -0.05) is 48.5 Å². The Kier molecular flexibility index (Phi) is 6.20. The molecule has 0 bridgehead atoms. The lowest BCUT2D eigenvalue weighted by atomic mass is 10.1. The van der Waals surface area contributed by atoms with Crippen molar-refractivity contribution in [2.45, 2.75) is 13.0 Å². The van der Waals surface area contributed by atoms with Crippen LogP contribution < -0.4 is 15.4 Å². The molecule has 1 aromatic heterocycles. The predicted molar refractivity (Wildman–Crippen MR) is 101 cm³/mol. The van der Waals surface area contributed by atoms with Crippen LogP contribution in [0.15, 0.2) is 79.0 Å². The van der Waals surface area contributed by atoms with E-state index in [2.05, 4.69) is 15.6 Å². The highest BCUT2D eigenvalue weighted by molar-refractivity contribution is 5.73. The van der Waals surface area contributed by atoms with Crippen LogP contribution in [0, 0.1) is 0 Å². The second kappa shape index (κ2) is 9.22. The molecule has 0 aliphatic heterocycles. The maximum Gasteiger partial charge on any atom is 0.315 e. The average Bonchev–Trinajstić information content (AvgIpc) is 2.68. The highest BCUT2D eigenvalue weighted by atomic mass is 16.5. The summed E-state index contributed by atoms with van der Waals surface area (Å²) < 4.78 is 5.70. The number of benzene rings is 2. The van der Waals surface area contributed by atoms with Crippen LogP contribution >= 0.6 is 0 Å². The second-order valence-corrected chi connectivity index (χ2v) is 5.76. The molecule has 3 aromatic rings. The topological polar surface area (TPSA) is 63.2 Å². The van der Waals surface area contributed by atoms with Crippen LogP contribution in [-0.2, 0) is 13.0 Å². The number of nitrogens with zero attached hydrogens (tertiary/aromatic N) is 1. The zero-order chi connectivity index (χ0) is 18.0. The van der Waals surface area contributed by atoms with Crippen molar-refractivity contribution in [2.24, 2.45) is 0 Å². The third kappa shape index (κ3) is 5.63. The van der Waals surface area contributed by atoms with E-state index in [0.717, 1.165) is 12.0 Å². The lowest BCUT2D eigenvalue weighted by molar-refractivity contribution is 0.240. The van der Waals surface area contributed by atoms with Crippen molar-refractivity contribution in [3.05, 3.63) is 90.1 Å². The molecule has 2 N–H and O–H groups in total. The van der Waals surface area contributed by atoms with Gasteiger partial charge in [-0.15, -0.1) is 0 Å². The molecule has 26 heavy (non-hydrogen) atoms. The van der Waals surface area contributed by atoms with Crippen LogP contribution in [0.4, 0.5) is 4.79 Å². The number of pyridine rings is 1. The van der Waals surface area contributed by atoms with E-state index < -0.39 is 0 Å². The van der Waals surface area contributed by atoms with Crippen LogP contribution in [0.25, 0.3) is 0 Å². The molecular formula is C21H21N3O2. The first-order chi connectivity index (χ1) is 12.8. The van der Waals surface area contributed by atoms with E-state index in [-0.39, 0.29) is 6.03 Å². The molecular weight excluding hydrogens is 326 g/mol. The first kappa shape index (κ1) is 17.5. The standard InChI is InChI=1S/C21H21N3O2/c25-21(23-14-12-17-7-2-1-3-8-17)24-16-18-9-6-10-19(15-18)26-20-11-4-5-13-22-20/h1-11,13,15H,12,14,16H2,(H2,23,24,25). The number of urea groups is 1. The fourth-order valence-corrected chi connectivity index (χ4v) is 2.46. The molecule has 0 unspecified atom stereocenters. The second-order valence-electron chi connectivity index (χ2n) is 5.76. The van der Waals surface area contributed by atoms with Gasteiger partial charge >= 0.3 is 6.03 Å². The number of carbonyl (C=O) groups is 1. The van der Waals surface area contributed by atoms with Gasteiger partial charge < -0.3 is 15.4 Å². The number of carbonyl (C=O) groups excluding carboxylic acids is 1. The van der Waals surface area contributed by atoms with Gasteiger partial charge in [0.05, 0.1) is 0 Å². The van der Waals surface area contributed by atoms with Gasteiger partial charge in [0, 0.05) is 25.4 Å². The Hall–Kier alpha value is -3.34. The monoisotopic (exact) mass is 347 g/mol. The van der Waals surface area contributed by atoms with Crippen LogP contribution in [0.5, 0.6) is 11.6 Å². The molecule has 0 saturated carbocycles. The molecule has 2 amide bonds. The molecule has 132 valence electrons. The number of hydrogen-bond donors (Lipinski definition) is 2. The number of nitrogens with one attached hydrogen (secondary N) is 2. The SMILES string of the molecule is O=C(NCCc1ccccc1)NCc1cccc(Oc2ccccn2)c1. The van der Waals surface area contributed by atoms with Gasteiger partial charge in [0.1, 0.15) is 5.75 Å². The number of hydrogen-bond acceptors (Lipinski definition) is 3. The fourth-order valence-electron chi connectivity index (χ4n) is 2.46. The summed E-state index contributed by atoms with van der Waals surface area (Å²) in [6.45, 7) is 1.02. The van der Waals surface area contributed by atoms with Crippen molar-refractivity contribution in [1.82, 2.24) is 15.6 Å². The summed E-state index contributed by atoms with van der Waals surface area (Å²) in [6.07, 6.45) is 2.49. The van der Waals surface area contributed by atoms with E-state index in [1.807, 2.05) is 66.7 Å². The molecule has 0 atom stereocenters. The summed E-state index contributed by atoms with van der Waals surface area (Å²) in [5.41, 5.74) is 2.16. The molecule has 0 spiro atoms. The third-order valence-electron chi connectivity index (χ3n) is 3.75. The predicted octanol–water partition coefficient (Wildman–Crippen LogP) is 3.92. The highest BCUT2D eigenvalue weighted by Crippen LogP contribution is 2.19. The number of ether oxygens (including phenoxy) is 1. The highest BCUT2D eigenvalue weighted by Gasteiger charge is 2.03. The first-order valence-corrected chi connectivity index (χ1v) is 8.53. The molecule has 0 aliphatic rings. The van der Waals surface area contributed by atoms with E-state index >= 15 is 0 Å². The van der Waals surface area contributed by atoms with Crippen molar-refractivity contribution in [3.8, 4) is 11.6 Å². The maximum atomic E-state index is 11.9. The van der Waals surface area contributed by atoms with Gasteiger partial charge in [0.25, 0.3) is 0 Å². The fraction of sp³-hybridized carbons (Fsp3) is 0.143. The third-order valence-corrected chi connectivity index (χ3v) is 3.75. The Balaban J connectivity index is 1.44. The van der Waals surface area contributed by atoms with Crippen molar-refractivity contribution in [1.29, 1.82) is 0 Å². The van der Waals surface area contributed by atoms with Crippen molar-refractivity contribution in [2.75, 3.05) is 6.54 Å². The van der Waals surface area contributed by atoms with E-state index in [4.69, 9.17) is 4.74 Å². The molecule has 5 heteroatoms. The largest absolute Gasteiger partial charge is 0.439 e. The molecule has 0 radical (unpaired) electrons. The molecule has 1 heterocycles. The van der Waals surface area contributed by atoms with Gasteiger partial charge in [-0.3, -0.25) is 0 Å². The van der Waals surface area contributed by atoms with Gasteiger partial charge in [-0.05, 0) is 35.7 Å². The minimum Gasteiger partial charge on any atom is -0.439 e. The summed E-state index contributed by atoms with van der Waals surface area (Å²) in [4.78, 5) is 16.1. The Morgan fingerprint density at radius 1 is 0.885 bits per heavy atom. The van der Waals surface area contributed by atoms with E-state index in [0.29, 0.717) is 24.7 Å². The summed E-state index contributed by atoms with van der Waals surface area (Å²) in [6, 6.07) is 23.0. The van der Waals surface area contributed by atoms with E-state index in [1.54, 1.807) is 12.3 Å². The number of amides is 2. The van der Waals surface area contributed by atoms with Crippen molar-refractivity contribution >= 4 is 6.03 Å². The van der Waals surface area contributed by atoms with Crippen LogP contribution in [0.2, 0.25) is 0 Å². The Morgan fingerprint density at radius 2 is 1.69 bits per heavy atom. The molecule has 2 aromatic carbocycles. The van der Waals surface area contributed by atoms with Gasteiger partial charge in [-0.2, -0.15) is 0 Å². The van der Waals surface area contributed by atoms with Gasteiger partial charge in [-0.25, -0.2) is 9.78 Å². The minimum atomic E-state index is -0.183.